The van der Waals surface area contributed by atoms with Crippen LogP contribution in [0.4, 0.5) is 5.69 Å². The van der Waals surface area contributed by atoms with Gasteiger partial charge in [0.05, 0.1) is 5.71 Å². The minimum absolute atomic E-state index is 0.734. The number of hydrogen-bond acceptors (Lipinski definition) is 3. The maximum absolute atomic E-state index is 5.60. The summed E-state index contributed by atoms with van der Waals surface area (Å²) in [6.07, 6.45) is 0. The Morgan fingerprint density at radius 2 is 2.25 bits per heavy atom. The summed E-state index contributed by atoms with van der Waals surface area (Å²) in [6.45, 7) is 1.87. The van der Waals surface area contributed by atoms with Gasteiger partial charge in [0, 0.05) is 11.3 Å². The van der Waals surface area contributed by atoms with E-state index < -0.39 is 0 Å². The van der Waals surface area contributed by atoms with Gasteiger partial charge in [-0.2, -0.15) is 0 Å². The topological polar surface area (TPSA) is 47.6 Å². The van der Waals surface area contributed by atoms with Crippen LogP contribution in [0.2, 0.25) is 0 Å². The number of rotatable bonds is 2. The summed E-state index contributed by atoms with van der Waals surface area (Å²) >= 11 is 0. The number of benzene rings is 1. The number of anilines is 1. The number of nitrogens with two attached hydrogens (primary N) is 1. The maximum Gasteiger partial charge on any atom is 0.106 e. The first-order valence-corrected chi connectivity index (χ1v) is 3.67. The van der Waals surface area contributed by atoms with Crippen molar-refractivity contribution in [3.63, 3.8) is 0 Å². The molecule has 12 heavy (non-hydrogen) atoms. The third-order valence-corrected chi connectivity index (χ3v) is 1.53. The summed E-state index contributed by atoms with van der Waals surface area (Å²) < 4.78 is 0. The van der Waals surface area contributed by atoms with Crippen LogP contribution in [0, 0.1) is 0 Å². The fourth-order valence-electron chi connectivity index (χ4n) is 0.953. The van der Waals surface area contributed by atoms with Crippen molar-refractivity contribution in [1.29, 1.82) is 0 Å². The first-order chi connectivity index (χ1) is 5.74. The van der Waals surface area contributed by atoms with Gasteiger partial charge in [-0.25, -0.2) is 0 Å². The van der Waals surface area contributed by atoms with Crippen LogP contribution in [0.3, 0.4) is 0 Å². The molecule has 0 saturated carbocycles. The summed E-state index contributed by atoms with van der Waals surface area (Å²) in [5, 5.41) is 3.80. The van der Waals surface area contributed by atoms with E-state index in [1.54, 1.807) is 0 Å². The van der Waals surface area contributed by atoms with Crippen molar-refractivity contribution in [1.82, 2.24) is 0 Å². The van der Waals surface area contributed by atoms with Gasteiger partial charge in [0.25, 0.3) is 0 Å². The summed E-state index contributed by atoms with van der Waals surface area (Å²) in [5.41, 5.74) is 8.14. The first-order valence-electron chi connectivity index (χ1n) is 3.67. The van der Waals surface area contributed by atoms with Gasteiger partial charge in [-0.15, -0.1) is 0 Å². The van der Waals surface area contributed by atoms with Crippen molar-refractivity contribution in [3.8, 4) is 0 Å². The van der Waals surface area contributed by atoms with Gasteiger partial charge in [-0.05, 0) is 19.1 Å². The fraction of sp³-hybridized carbons (Fsp3) is 0.222. The molecule has 0 radical (unpaired) electrons. The molecule has 0 aliphatic heterocycles. The molecule has 3 nitrogen and oxygen atoms in total. The smallest absolute Gasteiger partial charge is 0.106 e. The van der Waals surface area contributed by atoms with Gasteiger partial charge in [0.1, 0.15) is 7.11 Å². The van der Waals surface area contributed by atoms with Gasteiger partial charge >= 0.3 is 0 Å². The van der Waals surface area contributed by atoms with Crippen LogP contribution < -0.4 is 5.73 Å². The molecule has 2 N–H and O–H groups in total. The van der Waals surface area contributed by atoms with E-state index in [9.17, 15) is 0 Å². The van der Waals surface area contributed by atoms with Crippen LogP contribution in [0.25, 0.3) is 0 Å². The number of hydrogen-bond donors (Lipinski definition) is 1. The summed E-state index contributed by atoms with van der Waals surface area (Å²) in [6, 6.07) is 7.52. The minimum Gasteiger partial charge on any atom is -0.399 e. The Hall–Kier alpha value is -1.51. The van der Waals surface area contributed by atoms with Gasteiger partial charge in [0.15, 0.2) is 0 Å². The second-order valence-corrected chi connectivity index (χ2v) is 2.48. The van der Waals surface area contributed by atoms with E-state index in [4.69, 9.17) is 5.73 Å². The Bertz CT molecular complexity index is 294. The average molecular weight is 164 g/mol. The molecule has 1 aromatic carbocycles. The van der Waals surface area contributed by atoms with Crippen LogP contribution in [0.5, 0.6) is 0 Å². The van der Waals surface area contributed by atoms with E-state index in [-0.39, 0.29) is 0 Å². The molecule has 0 aliphatic carbocycles. The lowest BCUT2D eigenvalue weighted by Crippen LogP contribution is -1.96. The molecule has 0 aliphatic rings. The molecule has 0 spiro atoms. The quantitative estimate of drug-likeness (QED) is 0.410. The average Bonchev–Trinajstić information content (AvgIpc) is 2.05. The molecule has 1 aromatic rings. The lowest BCUT2D eigenvalue weighted by atomic mass is 10.1. The van der Waals surface area contributed by atoms with Crippen LogP contribution in [0.1, 0.15) is 12.5 Å². The lowest BCUT2D eigenvalue weighted by molar-refractivity contribution is 0.213. The third kappa shape index (κ3) is 1.99. The Balaban J connectivity index is 2.95. The fourth-order valence-corrected chi connectivity index (χ4v) is 0.953. The molecule has 0 unspecified atom stereocenters. The standard InChI is InChI=1S/C9H12N2O/c1-7(11-12-2)8-4-3-5-9(10)6-8/h3-6H,10H2,1-2H3/b11-7+. The van der Waals surface area contributed by atoms with Crippen molar-refractivity contribution in [2.24, 2.45) is 5.16 Å². The largest absolute Gasteiger partial charge is 0.399 e. The monoisotopic (exact) mass is 164 g/mol. The molecule has 0 saturated heterocycles. The van der Waals surface area contributed by atoms with Crippen molar-refractivity contribution < 1.29 is 4.84 Å². The Morgan fingerprint density at radius 3 is 2.83 bits per heavy atom. The summed E-state index contributed by atoms with van der Waals surface area (Å²) in [7, 11) is 1.52. The first kappa shape index (κ1) is 8.59. The van der Waals surface area contributed by atoms with E-state index >= 15 is 0 Å². The minimum atomic E-state index is 0.734. The molecule has 0 aromatic heterocycles. The van der Waals surface area contributed by atoms with Crippen LogP contribution in [-0.4, -0.2) is 12.8 Å². The summed E-state index contributed by atoms with van der Waals surface area (Å²) in [4.78, 5) is 4.65. The Morgan fingerprint density at radius 1 is 1.50 bits per heavy atom. The number of oxime groups is 1. The highest BCUT2D eigenvalue weighted by Gasteiger charge is 1.96. The highest BCUT2D eigenvalue weighted by atomic mass is 16.6. The maximum atomic E-state index is 5.60. The summed E-state index contributed by atoms with van der Waals surface area (Å²) in [5.74, 6) is 0. The van der Waals surface area contributed by atoms with Crippen molar-refractivity contribution in [2.75, 3.05) is 12.8 Å². The van der Waals surface area contributed by atoms with Gasteiger partial charge in [0.2, 0.25) is 0 Å². The van der Waals surface area contributed by atoms with Crippen LogP contribution in [-0.2, 0) is 4.84 Å². The zero-order valence-electron chi connectivity index (χ0n) is 7.24. The van der Waals surface area contributed by atoms with E-state index in [0.717, 1.165) is 17.0 Å². The number of nitrogens with zero attached hydrogens (tertiary/aromatic N) is 1. The predicted molar refractivity (Wildman–Crippen MR) is 50.1 cm³/mol. The predicted octanol–water partition coefficient (Wildman–Crippen LogP) is 1.64. The Labute approximate surface area is 71.8 Å². The molecular weight excluding hydrogens is 152 g/mol. The van der Waals surface area contributed by atoms with Gasteiger partial charge < -0.3 is 10.6 Å². The van der Waals surface area contributed by atoms with Gasteiger partial charge in [-0.3, -0.25) is 0 Å². The second-order valence-electron chi connectivity index (χ2n) is 2.48. The van der Waals surface area contributed by atoms with E-state index in [1.165, 1.54) is 7.11 Å². The third-order valence-electron chi connectivity index (χ3n) is 1.53. The van der Waals surface area contributed by atoms with E-state index in [1.807, 2.05) is 31.2 Å². The van der Waals surface area contributed by atoms with Crippen molar-refractivity contribution in [3.05, 3.63) is 29.8 Å². The van der Waals surface area contributed by atoms with Crippen LogP contribution in [0.15, 0.2) is 29.4 Å². The van der Waals surface area contributed by atoms with Crippen molar-refractivity contribution in [2.45, 2.75) is 6.92 Å². The zero-order chi connectivity index (χ0) is 8.97. The molecule has 0 atom stereocenters. The molecule has 0 fully saturated rings. The molecule has 0 amide bonds. The highest BCUT2D eigenvalue weighted by Crippen LogP contribution is 2.07. The molecule has 1 rings (SSSR count). The molecule has 0 bridgehead atoms. The van der Waals surface area contributed by atoms with Crippen LogP contribution >= 0.6 is 0 Å². The normalized spacial score (nSPS) is 11.3. The zero-order valence-corrected chi connectivity index (χ0v) is 7.24. The Kier molecular flexibility index (Phi) is 2.69. The van der Waals surface area contributed by atoms with Gasteiger partial charge in [-0.1, -0.05) is 17.3 Å². The number of nitrogen functional groups attached to an aromatic ring is 1. The van der Waals surface area contributed by atoms with E-state index in [2.05, 4.69) is 9.99 Å². The van der Waals surface area contributed by atoms with E-state index in [0.29, 0.717) is 0 Å². The lowest BCUT2D eigenvalue weighted by Gasteiger charge is -2.00. The molecule has 3 heteroatoms. The second kappa shape index (κ2) is 3.76. The molecule has 64 valence electrons. The SMILES string of the molecule is CO/N=C(\C)c1cccc(N)c1. The molecular formula is C9H12N2O. The molecule has 0 heterocycles. The van der Waals surface area contributed by atoms with Crippen molar-refractivity contribution >= 4 is 11.4 Å². The highest BCUT2D eigenvalue weighted by molar-refractivity contribution is 5.98.